The van der Waals surface area contributed by atoms with Crippen LogP contribution in [-0.2, 0) is 4.79 Å². The predicted octanol–water partition coefficient (Wildman–Crippen LogP) is 2.66. The Bertz CT molecular complexity index is 513. The standard InChI is InChI=1S/C12H13NO2/c1-7-9-5-3-4-6-10(9)13-11(7)8(2)12(14)15/h3-6,8,13H,1-2H3,(H,14,15). The fourth-order valence-electron chi connectivity index (χ4n) is 1.86. The maximum atomic E-state index is 10.9. The van der Waals surface area contributed by atoms with Crippen LogP contribution in [0.1, 0.15) is 24.1 Å². The van der Waals surface area contributed by atoms with Gasteiger partial charge in [0.05, 0.1) is 5.92 Å². The first-order valence-corrected chi connectivity index (χ1v) is 4.91. The number of carboxylic acids is 1. The van der Waals surface area contributed by atoms with Crippen molar-refractivity contribution >= 4 is 16.9 Å². The van der Waals surface area contributed by atoms with Crippen LogP contribution in [0, 0.1) is 6.92 Å². The second kappa shape index (κ2) is 3.42. The van der Waals surface area contributed by atoms with Crippen molar-refractivity contribution in [3.05, 3.63) is 35.5 Å². The van der Waals surface area contributed by atoms with Crippen molar-refractivity contribution in [1.82, 2.24) is 4.98 Å². The van der Waals surface area contributed by atoms with Crippen molar-refractivity contribution in [2.45, 2.75) is 19.8 Å². The number of aromatic amines is 1. The first-order valence-electron chi connectivity index (χ1n) is 4.91. The summed E-state index contributed by atoms with van der Waals surface area (Å²) in [5, 5.41) is 10.1. The normalized spacial score (nSPS) is 12.9. The highest BCUT2D eigenvalue weighted by Crippen LogP contribution is 2.26. The van der Waals surface area contributed by atoms with Crippen LogP contribution < -0.4 is 0 Å². The predicted molar refractivity (Wildman–Crippen MR) is 59.1 cm³/mol. The van der Waals surface area contributed by atoms with Gasteiger partial charge in [0.25, 0.3) is 0 Å². The SMILES string of the molecule is Cc1c(C(C)C(=O)O)[nH]c2ccccc12. The van der Waals surface area contributed by atoms with E-state index in [1.165, 1.54) is 0 Å². The van der Waals surface area contributed by atoms with E-state index in [4.69, 9.17) is 5.11 Å². The molecule has 0 amide bonds. The van der Waals surface area contributed by atoms with Crippen LogP contribution in [0.2, 0.25) is 0 Å². The van der Waals surface area contributed by atoms with Crippen LogP contribution in [0.25, 0.3) is 10.9 Å². The summed E-state index contributed by atoms with van der Waals surface area (Å²) >= 11 is 0. The van der Waals surface area contributed by atoms with Crippen LogP contribution in [0.15, 0.2) is 24.3 Å². The van der Waals surface area contributed by atoms with Gasteiger partial charge in [-0.05, 0) is 25.5 Å². The van der Waals surface area contributed by atoms with E-state index in [0.717, 1.165) is 22.2 Å². The van der Waals surface area contributed by atoms with Crippen molar-refractivity contribution in [3.63, 3.8) is 0 Å². The number of aliphatic carboxylic acids is 1. The Morgan fingerprint density at radius 2 is 2.07 bits per heavy atom. The van der Waals surface area contributed by atoms with Gasteiger partial charge in [0.15, 0.2) is 0 Å². The molecule has 0 spiro atoms. The number of H-pyrrole nitrogens is 1. The molecule has 15 heavy (non-hydrogen) atoms. The number of benzene rings is 1. The van der Waals surface area contributed by atoms with Gasteiger partial charge >= 0.3 is 5.97 Å². The van der Waals surface area contributed by atoms with Crippen LogP contribution in [-0.4, -0.2) is 16.1 Å². The third-order valence-corrected chi connectivity index (χ3v) is 2.81. The van der Waals surface area contributed by atoms with E-state index in [0.29, 0.717) is 0 Å². The van der Waals surface area contributed by atoms with Crippen molar-refractivity contribution in [1.29, 1.82) is 0 Å². The van der Waals surface area contributed by atoms with Crippen molar-refractivity contribution in [2.75, 3.05) is 0 Å². The Labute approximate surface area is 87.7 Å². The molecule has 1 aromatic carbocycles. The van der Waals surface area contributed by atoms with Crippen molar-refractivity contribution in [2.24, 2.45) is 0 Å². The van der Waals surface area contributed by atoms with Gasteiger partial charge in [0.1, 0.15) is 0 Å². The topological polar surface area (TPSA) is 53.1 Å². The molecule has 0 fully saturated rings. The molecule has 0 bridgehead atoms. The molecular formula is C12H13NO2. The first kappa shape index (κ1) is 9.77. The van der Waals surface area contributed by atoms with Gasteiger partial charge in [0.2, 0.25) is 0 Å². The number of aromatic nitrogens is 1. The summed E-state index contributed by atoms with van der Waals surface area (Å²) in [4.78, 5) is 14.1. The molecule has 78 valence electrons. The largest absolute Gasteiger partial charge is 0.481 e. The quantitative estimate of drug-likeness (QED) is 0.788. The van der Waals surface area contributed by atoms with Gasteiger partial charge in [0, 0.05) is 16.6 Å². The summed E-state index contributed by atoms with van der Waals surface area (Å²) in [6.07, 6.45) is 0. The molecular weight excluding hydrogens is 190 g/mol. The highest BCUT2D eigenvalue weighted by molar-refractivity contribution is 5.87. The maximum Gasteiger partial charge on any atom is 0.312 e. The van der Waals surface area contributed by atoms with E-state index in [1.54, 1.807) is 6.92 Å². The molecule has 1 atom stereocenters. The molecule has 1 unspecified atom stereocenters. The van der Waals surface area contributed by atoms with E-state index < -0.39 is 11.9 Å². The average molecular weight is 203 g/mol. The van der Waals surface area contributed by atoms with Crippen LogP contribution in [0.4, 0.5) is 0 Å². The third-order valence-electron chi connectivity index (χ3n) is 2.81. The zero-order valence-electron chi connectivity index (χ0n) is 8.74. The van der Waals surface area contributed by atoms with Gasteiger partial charge in [-0.25, -0.2) is 0 Å². The molecule has 0 aliphatic heterocycles. The summed E-state index contributed by atoms with van der Waals surface area (Å²) in [7, 11) is 0. The molecule has 0 saturated carbocycles. The summed E-state index contributed by atoms with van der Waals surface area (Å²) in [5.41, 5.74) is 2.82. The number of aryl methyl sites for hydroxylation is 1. The fraction of sp³-hybridized carbons (Fsp3) is 0.250. The highest BCUT2D eigenvalue weighted by Gasteiger charge is 2.19. The zero-order chi connectivity index (χ0) is 11.0. The number of fused-ring (bicyclic) bond motifs is 1. The summed E-state index contributed by atoms with van der Waals surface area (Å²) in [6.45, 7) is 3.65. The molecule has 3 nitrogen and oxygen atoms in total. The minimum atomic E-state index is -0.801. The van der Waals surface area contributed by atoms with Crippen LogP contribution in [0.5, 0.6) is 0 Å². The molecule has 2 rings (SSSR count). The number of hydrogen-bond acceptors (Lipinski definition) is 1. The van der Waals surface area contributed by atoms with Gasteiger partial charge in [-0.2, -0.15) is 0 Å². The Hall–Kier alpha value is -1.77. The Morgan fingerprint density at radius 3 is 2.67 bits per heavy atom. The molecule has 0 aliphatic carbocycles. The molecule has 0 radical (unpaired) electrons. The minimum Gasteiger partial charge on any atom is -0.481 e. The smallest absolute Gasteiger partial charge is 0.312 e. The van der Waals surface area contributed by atoms with Crippen molar-refractivity contribution < 1.29 is 9.90 Å². The number of para-hydroxylation sites is 1. The Balaban J connectivity index is 2.63. The number of rotatable bonds is 2. The number of carbonyl (C=O) groups is 1. The zero-order valence-corrected chi connectivity index (χ0v) is 8.74. The summed E-state index contributed by atoms with van der Waals surface area (Å²) in [6, 6.07) is 7.85. The maximum absolute atomic E-state index is 10.9. The van der Waals surface area contributed by atoms with Crippen LogP contribution >= 0.6 is 0 Å². The lowest BCUT2D eigenvalue weighted by Gasteiger charge is -2.04. The van der Waals surface area contributed by atoms with Gasteiger partial charge in [-0.1, -0.05) is 18.2 Å². The van der Waals surface area contributed by atoms with Gasteiger partial charge in [-0.15, -0.1) is 0 Å². The molecule has 3 heteroatoms. The van der Waals surface area contributed by atoms with E-state index in [9.17, 15) is 4.79 Å². The van der Waals surface area contributed by atoms with Crippen molar-refractivity contribution in [3.8, 4) is 0 Å². The lowest BCUT2D eigenvalue weighted by molar-refractivity contribution is -0.138. The molecule has 0 saturated heterocycles. The van der Waals surface area contributed by atoms with E-state index in [1.807, 2.05) is 31.2 Å². The van der Waals surface area contributed by atoms with Crippen LogP contribution in [0.3, 0.4) is 0 Å². The van der Waals surface area contributed by atoms with E-state index in [-0.39, 0.29) is 0 Å². The third kappa shape index (κ3) is 1.50. The Kier molecular flexibility index (Phi) is 2.23. The number of hydrogen-bond donors (Lipinski definition) is 2. The summed E-state index contributed by atoms with van der Waals surface area (Å²) < 4.78 is 0. The van der Waals surface area contributed by atoms with Gasteiger partial charge in [-0.3, -0.25) is 4.79 Å². The monoisotopic (exact) mass is 203 g/mol. The minimum absolute atomic E-state index is 0.489. The molecule has 1 heterocycles. The summed E-state index contributed by atoms with van der Waals surface area (Å²) in [5.74, 6) is -1.29. The average Bonchev–Trinajstić information content (AvgIpc) is 2.56. The first-order chi connectivity index (χ1) is 7.11. The number of carboxylic acid groups (broad SMARTS) is 1. The molecule has 1 aromatic heterocycles. The van der Waals surface area contributed by atoms with E-state index in [2.05, 4.69) is 4.98 Å². The number of nitrogens with one attached hydrogen (secondary N) is 1. The molecule has 2 aromatic rings. The Morgan fingerprint density at radius 1 is 1.40 bits per heavy atom. The fourth-order valence-corrected chi connectivity index (χ4v) is 1.86. The lowest BCUT2D eigenvalue weighted by atomic mass is 10.0. The van der Waals surface area contributed by atoms with E-state index >= 15 is 0 Å². The van der Waals surface area contributed by atoms with Gasteiger partial charge < -0.3 is 10.1 Å². The lowest BCUT2D eigenvalue weighted by Crippen LogP contribution is -2.08. The molecule has 0 aliphatic rings. The highest BCUT2D eigenvalue weighted by atomic mass is 16.4. The second-order valence-electron chi connectivity index (χ2n) is 3.77. The second-order valence-corrected chi connectivity index (χ2v) is 3.77. The molecule has 2 N–H and O–H groups in total.